The lowest BCUT2D eigenvalue weighted by atomic mass is 9.86. The number of rotatable bonds is 1. The average Bonchev–Trinajstić information content (AvgIpc) is 3.34. The van der Waals surface area contributed by atoms with E-state index in [0.29, 0.717) is 6.61 Å². The number of fused-ring (bicyclic) bond motifs is 5. The van der Waals surface area contributed by atoms with Crippen molar-refractivity contribution < 1.29 is 18.9 Å². The summed E-state index contributed by atoms with van der Waals surface area (Å²) >= 11 is 0. The predicted molar refractivity (Wildman–Crippen MR) is 107 cm³/mol. The summed E-state index contributed by atoms with van der Waals surface area (Å²) in [7, 11) is 0. The highest BCUT2D eigenvalue weighted by molar-refractivity contribution is 6.02. The van der Waals surface area contributed by atoms with E-state index < -0.39 is 5.72 Å². The first-order chi connectivity index (χ1) is 14.0. The monoisotopic (exact) mass is 392 g/mol. The summed E-state index contributed by atoms with van der Waals surface area (Å²) in [5, 5.41) is 7.33. The average molecular weight is 392 g/mol. The van der Waals surface area contributed by atoms with Crippen molar-refractivity contribution >= 4 is 5.71 Å². The molecule has 150 valence electrons. The molecule has 0 radical (unpaired) electrons. The molecule has 4 aliphatic heterocycles. The Morgan fingerprint density at radius 2 is 1.90 bits per heavy atom. The van der Waals surface area contributed by atoms with E-state index >= 15 is 0 Å². The van der Waals surface area contributed by atoms with Crippen LogP contribution in [0.5, 0.6) is 17.2 Å². The Hall–Kier alpha value is -2.73. The minimum atomic E-state index is -0.487. The van der Waals surface area contributed by atoms with Crippen LogP contribution in [0, 0.1) is 0 Å². The third kappa shape index (κ3) is 2.62. The zero-order chi connectivity index (χ0) is 19.6. The van der Waals surface area contributed by atoms with Crippen LogP contribution in [0.1, 0.15) is 50.3 Å². The van der Waals surface area contributed by atoms with Gasteiger partial charge in [0.25, 0.3) is 0 Å². The Bertz CT molecular complexity index is 1020. The molecule has 6 nitrogen and oxygen atoms in total. The largest absolute Gasteiger partial charge is 0.466 e. The smallest absolute Gasteiger partial charge is 0.231 e. The predicted octanol–water partition coefficient (Wildman–Crippen LogP) is 4.24. The highest BCUT2D eigenvalue weighted by atomic mass is 16.7. The number of hydrogen-bond donors (Lipinski definition) is 0. The van der Waals surface area contributed by atoms with Crippen LogP contribution < -0.4 is 14.2 Å². The van der Waals surface area contributed by atoms with Crippen molar-refractivity contribution in [2.75, 3.05) is 13.4 Å². The lowest BCUT2D eigenvalue weighted by Crippen LogP contribution is -2.60. The van der Waals surface area contributed by atoms with Crippen molar-refractivity contribution in [1.29, 1.82) is 0 Å². The van der Waals surface area contributed by atoms with E-state index in [-0.39, 0.29) is 18.4 Å². The van der Waals surface area contributed by atoms with Crippen molar-refractivity contribution in [3.8, 4) is 17.2 Å². The molecule has 4 aliphatic rings. The summed E-state index contributed by atoms with van der Waals surface area (Å²) in [5.41, 5.74) is 2.58. The van der Waals surface area contributed by atoms with Gasteiger partial charge in [0.2, 0.25) is 12.5 Å². The SMILES string of the molecule is CC1(C)C[C@]2(CCO1)Oc1ccccc1[C@H]1CC(c3ccc4c(c3)OCO4)=NN12. The summed E-state index contributed by atoms with van der Waals surface area (Å²) in [6.07, 6.45) is 2.39. The molecule has 2 aromatic rings. The molecule has 0 N–H and O–H groups in total. The van der Waals surface area contributed by atoms with Gasteiger partial charge in [0, 0.05) is 30.4 Å². The van der Waals surface area contributed by atoms with Gasteiger partial charge in [-0.05, 0) is 38.1 Å². The first-order valence-corrected chi connectivity index (χ1v) is 10.2. The summed E-state index contributed by atoms with van der Waals surface area (Å²) in [4.78, 5) is 0. The molecule has 0 aliphatic carbocycles. The zero-order valence-electron chi connectivity index (χ0n) is 16.7. The second-order valence-corrected chi connectivity index (χ2v) is 8.80. The summed E-state index contributed by atoms with van der Waals surface area (Å²) in [6, 6.07) is 14.6. The first-order valence-electron chi connectivity index (χ1n) is 10.2. The molecule has 0 saturated carbocycles. The maximum absolute atomic E-state index is 6.66. The molecule has 1 fully saturated rings. The van der Waals surface area contributed by atoms with Crippen molar-refractivity contribution in [3.63, 3.8) is 0 Å². The fraction of sp³-hybridized carbons (Fsp3) is 0.435. The molecule has 0 aromatic heterocycles. The molecule has 4 heterocycles. The normalized spacial score (nSPS) is 28.6. The highest BCUT2D eigenvalue weighted by Gasteiger charge is 2.54. The third-order valence-corrected chi connectivity index (χ3v) is 6.30. The van der Waals surface area contributed by atoms with Gasteiger partial charge in [0.05, 0.1) is 24.0 Å². The zero-order valence-corrected chi connectivity index (χ0v) is 16.7. The van der Waals surface area contributed by atoms with Gasteiger partial charge in [0.15, 0.2) is 11.5 Å². The number of nitrogens with zero attached hydrogens (tertiary/aromatic N) is 2. The van der Waals surface area contributed by atoms with Gasteiger partial charge in [0.1, 0.15) is 5.75 Å². The highest BCUT2D eigenvalue weighted by Crippen LogP contribution is 2.52. The van der Waals surface area contributed by atoms with Crippen molar-refractivity contribution in [2.45, 2.75) is 50.5 Å². The summed E-state index contributed by atoms with van der Waals surface area (Å²) < 4.78 is 23.7. The molecule has 2 aromatic carbocycles. The van der Waals surface area contributed by atoms with Crippen LogP contribution in [0.25, 0.3) is 0 Å². The molecule has 1 saturated heterocycles. The fourth-order valence-corrected chi connectivity index (χ4v) is 5.05. The Kier molecular flexibility index (Phi) is 3.48. The Balaban J connectivity index is 1.44. The number of hydrogen-bond acceptors (Lipinski definition) is 6. The van der Waals surface area contributed by atoms with Crippen molar-refractivity contribution in [2.24, 2.45) is 5.10 Å². The van der Waals surface area contributed by atoms with Crippen LogP contribution in [-0.4, -0.2) is 35.4 Å². The third-order valence-electron chi connectivity index (χ3n) is 6.30. The fourth-order valence-electron chi connectivity index (χ4n) is 5.05. The van der Waals surface area contributed by atoms with Crippen molar-refractivity contribution in [1.82, 2.24) is 5.01 Å². The second-order valence-electron chi connectivity index (χ2n) is 8.80. The second kappa shape index (κ2) is 5.89. The Morgan fingerprint density at radius 3 is 2.79 bits per heavy atom. The lowest BCUT2D eigenvalue weighted by Gasteiger charge is -2.52. The molecule has 1 spiro atoms. The molecular weight excluding hydrogens is 368 g/mol. The Morgan fingerprint density at radius 1 is 1.03 bits per heavy atom. The van der Waals surface area contributed by atoms with Crippen LogP contribution in [0.3, 0.4) is 0 Å². The molecule has 6 rings (SSSR count). The van der Waals surface area contributed by atoms with Crippen LogP contribution in [0.4, 0.5) is 0 Å². The van der Waals surface area contributed by atoms with E-state index in [1.54, 1.807) is 0 Å². The maximum Gasteiger partial charge on any atom is 0.231 e. The quantitative estimate of drug-likeness (QED) is 0.726. The van der Waals surface area contributed by atoms with E-state index in [2.05, 4.69) is 43.1 Å². The van der Waals surface area contributed by atoms with Gasteiger partial charge in [-0.3, -0.25) is 0 Å². The van der Waals surface area contributed by atoms with E-state index in [1.165, 1.54) is 5.56 Å². The number of para-hydroxylation sites is 1. The van der Waals surface area contributed by atoms with E-state index in [0.717, 1.165) is 47.8 Å². The summed E-state index contributed by atoms with van der Waals surface area (Å²) in [5.74, 6) is 2.55. The molecule has 0 unspecified atom stereocenters. The van der Waals surface area contributed by atoms with E-state index in [4.69, 9.17) is 24.0 Å². The van der Waals surface area contributed by atoms with Gasteiger partial charge in [-0.15, -0.1) is 0 Å². The summed E-state index contributed by atoms with van der Waals surface area (Å²) in [6.45, 7) is 5.20. The minimum absolute atomic E-state index is 0.161. The first kappa shape index (κ1) is 17.2. The van der Waals surface area contributed by atoms with Crippen molar-refractivity contribution in [3.05, 3.63) is 53.6 Å². The number of ether oxygens (including phenoxy) is 4. The standard InChI is InChI=1S/C23H24N2O4/c1-22(2)13-23(9-10-28-22)25-18(16-5-3-4-6-19(16)29-23)12-17(24-25)15-7-8-20-21(11-15)27-14-26-20/h3-8,11,18H,9-10,12-14H2,1-2H3/t18-,23+/m1/s1. The van der Waals surface area contributed by atoms with Gasteiger partial charge in [-0.25, -0.2) is 5.01 Å². The molecule has 6 heteroatoms. The van der Waals surface area contributed by atoms with Crippen LogP contribution in [-0.2, 0) is 4.74 Å². The van der Waals surface area contributed by atoms with Gasteiger partial charge < -0.3 is 18.9 Å². The van der Waals surface area contributed by atoms with Crippen LogP contribution >= 0.6 is 0 Å². The van der Waals surface area contributed by atoms with Crippen LogP contribution in [0.2, 0.25) is 0 Å². The van der Waals surface area contributed by atoms with Gasteiger partial charge in [-0.2, -0.15) is 5.10 Å². The van der Waals surface area contributed by atoms with Crippen LogP contribution in [0.15, 0.2) is 47.6 Å². The minimum Gasteiger partial charge on any atom is -0.466 e. The molecular formula is C23H24N2O4. The van der Waals surface area contributed by atoms with Gasteiger partial charge in [-0.1, -0.05) is 18.2 Å². The molecule has 0 bridgehead atoms. The number of benzene rings is 2. The van der Waals surface area contributed by atoms with Gasteiger partial charge >= 0.3 is 0 Å². The van der Waals surface area contributed by atoms with E-state index in [9.17, 15) is 0 Å². The number of hydrazone groups is 1. The molecule has 29 heavy (non-hydrogen) atoms. The van der Waals surface area contributed by atoms with E-state index in [1.807, 2.05) is 18.2 Å². The Labute approximate surface area is 170 Å². The topological polar surface area (TPSA) is 52.5 Å². The molecule has 0 amide bonds. The maximum atomic E-state index is 6.66. The molecule has 2 atom stereocenters. The lowest BCUT2D eigenvalue weighted by molar-refractivity contribution is -0.212.